The van der Waals surface area contributed by atoms with Crippen LogP contribution >= 0.6 is 11.3 Å². The minimum absolute atomic E-state index is 0.235. The highest BCUT2D eigenvalue weighted by molar-refractivity contribution is 7.17. The van der Waals surface area contributed by atoms with Crippen LogP contribution in [0.1, 0.15) is 9.67 Å². The predicted molar refractivity (Wildman–Crippen MR) is 109 cm³/mol. The molecule has 1 aliphatic heterocycles. The Labute approximate surface area is 176 Å². The van der Waals surface area contributed by atoms with Gasteiger partial charge in [-0.2, -0.15) is 0 Å². The van der Waals surface area contributed by atoms with Crippen molar-refractivity contribution in [1.82, 2.24) is 5.32 Å². The van der Waals surface area contributed by atoms with Gasteiger partial charge < -0.3 is 19.5 Å². The molecular formula is C22H18FNO5S. The maximum absolute atomic E-state index is 13.0. The summed E-state index contributed by atoms with van der Waals surface area (Å²) in [5.41, 5.74) is 0.800. The lowest BCUT2D eigenvalue weighted by molar-refractivity contribution is -0.124. The van der Waals surface area contributed by atoms with Crippen molar-refractivity contribution in [3.05, 3.63) is 71.4 Å². The quantitative estimate of drug-likeness (QED) is 0.608. The first-order valence-corrected chi connectivity index (χ1v) is 10.1. The summed E-state index contributed by atoms with van der Waals surface area (Å²) < 4.78 is 29.5. The van der Waals surface area contributed by atoms with E-state index < -0.39 is 18.5 Å². The van der Waals surface area contributed by atoms with Crippen molar-refractivity contribution < 1.29 is 28.2 Å². The predicted octanol–water partition coefficient (Wildman–Crippen LogP) is 3.67. The van der Waals surface area contributed by atoms with Gasteiger partial charge in [0.05, 0.1) is 6.54 Å². The molecule has 0 fully saturated rings. The highest BCUT2D eigenvalue weighted by Gasteiger charge is 2.21. The van der Waals surface area contributed by atoms with E-state index >= 15 is 0 Å². The van der Waals surface area contributed by atoms with Gasteiger partial charge in [0.25, 0.3) is 5.91 Å². The first kappa shape index (κ1) is 19.9. The second kappa shape index (κ2) is 8.96. The van der Waals surface area contributed by atoms with Gasteiger partial charge >= 0.3 is 5.97 Å². The molecule has 0 spiro atoms. The number of benzene rings is 2. The number of rotatable bonds is 6. The van der Waals surface area contributed by atoms with E-state index in [1.165, 1.54) is 23.5 Å². The Morgan fingerprint density at radius 2 is 1.83 bits per heavy atom. The number of ether oxygens (including phenoxy) is 3. The van der Waals surface area contributed by atoms with E-state index in [0.717, 1.165) is 10.4 Å². The minimum atomic E-state index is -0.588. The number of halogens is 1. The van der Waals surface area contributed by atoms with Crippen LogP contribution in [0.5, 0.6) is 11.5 Å². The fourth-order valence-electron chi connectivity index (χ4n) is 2.86. The number of carbonyl (C=O) groups is 2. The second-order valence-corrected chi connectivity index (χ2v) is 7.63. The lowest BCUT2D eigenvalue weighted by Crippen LogP contribution is -2.42. The minimum Gasteiger partial charge on any atom is -0.486 e. The van der Waals surface area contributed by atoms with Gasteiger partial charge in [-0.25, -0.2) is 9.18 Å². The van der Waals surface area contributed by atoms with Gasteiger partial charge in [0.1, 0.15) is 23.4 Å². The topological polar surface area (TPSA) is 73.9 Å². The van der Waals surface area contributed by atoms with Gasteiger partial charge in [0.15, 0.2) is 18.1 Å². The fraction of sp³-hybridized carbons (Fsp3) is 0.182. The SMILES string of the molecule is O=C(COC(=O)c1ccc(-c2ccc(F)cc2)s1)NCC1COc2ccccc2O1. The number of esters is 1. The summed E-state index contributed by atoms with van der Waals surface area (Å²) in [5.74, 6) is -0.0415. The molecule has 8 heteroatoms. The third-order valence-corrected chi connectivity index (χ3v) is 5.48. The number of amides is 1. The molecule has 154 valence electrons. The van der Waals surface area contributed by atoms with Crippen LogP contribution in [0.3, 0.4) is 0 Å². The highest BCUT2D eigenvalue weighted by atomic mass is 32.1. The number of para-hydroxylation sites is 2. The first-order valence-electron chi connectivity index (χ1n) is 9.26. The summed E-state index contributed by atoms with van der Waals surface area (Å²) in [6, 6.07) is 16.7. The molecule has 30 heavy (non-hydrogen) atoms. The van der Waals surface area contributed by atoms with E-state index in [4.69, 9.17) is 14.2 Å². The molecule has 3 aromatic rings. The average Bonchev–Trinajstić information content (AvgIpc) is 3.27. The molecule has 1 unspecified atom stereocenters. The van der Waals surface area contributed by atoms with Gasteiger partial charge in [-0.3, -0.25) is 4.79 Å². The van der Waals surface area contributed by atoms with Crippen molar-refractivity contribution >= 4 is 23.2 Å². The number of thiophene rings is 1. The second-order valence-electron chi connectivity index (χ2n) is 6.55. The van der Waals surface area contributed by atoms with Crippen LogP contribution in [-0.2, 0) is 9.53 Å². The van der Waals surface area contributed by atoms with Gasteiger partial charge in [0.2, 0.25) is 0 Å². The molecule has 1 amide bonds. The van der Waals surface area contributed by atoms with Gasteiger partial charge in [-0.15, -0.1) is 11.3 Å². The molecule has 1 N–H and O–H groups in total. The molecule has 0 bridgehead atoms. The van der Waals surface area contributed by atoms with Crippen molar-refractivity contribution in [3.63, 3.8) is 0 Å². The van der Waals surface area contributed by atoms with Crippen LogP contribution in [0.2, 0.25) is 0 Å². The van der Waals surface area contributed by atoms with Crippen LogP contribution in [-0.4, -0.2) is 37.7 Å². The van der Waals surface area contributed by atoms with E-state index in [9.17, 15) is 14.0 Å². The first-order chi connectivity index (χ1) is 14.6. The fourth-order valence-corrected chi connectivity index (χ4v) is 3.77. The molecule has 1 aliphatic rings. The Morgan fingerprint density at radius 1 is 1.07 bits per heavy atom. The third kappa shape index (κ3) is 4.77. The Kier molecular flexibility index (Phi) is 5.94. The van der Waals surface area contributed by atoms with E-state index in [2.05, 4.69) is 5.32 Å². The van der Waals surface area contributed by atoms with E-state index in [0.29, 0.717) is 23.0 Å². The monoisotopic (exact) mass is 427 g/mol. The standard InChI is InChI=1S/C22H18FNO5S/c23-15-7-5-14(6-8-15)19-9-10-20(30-19)22(26)28-13-21(25)24-11-16-12-27-17-3-1-2-4-18(17)29-16/h1-10,16H,11-13H2,(H,24,25). The van der Waals surface area contributed by atoms with E-state index in [-0.39, 0.29) is 18.5 Å². The van der Waals surface area contributed by atoms with Crippen molar-refractivity contribution in [3.8, 4) is 21.9 Å². The van der Waals surface area contributed by atoms with Crippen LogP contribution in [0, 0.1) is 5.82 Å². The van der Waals surface area contributed by atoms with Gasteiger partial charge in [-0.1, -0.05) is 24.3 Å². The Hall–Kier alpha value is -3.39. The number of nitrogens with one attached hydrogen (secondary N) is 1. The Bertz CT molecular complexity index is 1050. The molecular weight excluding hydrogens is 409 g/mol. The van der Waals surface area contributed by atoms with Gasteiger partial charge in [0, 0.05) is 4.88 Å². The molecule has 2 aromatic carbocycles. The molecule has 1 atom stereocenters. The summed E-state index contributed by atoms with van der Waals surface area (Å²) in [6.45, 7) is 0.156. The zero-order chi connectivity index (χ0) is 20.9. The third-order valence-electron chi connectivity index (χ3n) is 4.36. The van der Waals surface area contributed by atoms with Gasteiger partial charge in [-0.05, 0) is 42.0 Å². The summed E-state index contributed by atoms with van der Waals surface area (Å²) >= 11 is 1.22. The van der Waals surface area contributed by atoms with Crippen LogP contribution in [0.15, 0.2) is 60.7 Å². The molecule has 0 saturated heterocycles. The number of hydrogen-bond donors (Lipinski definition) is 1. The van der Waals surface area contributed by atoms with Crippen molar-refractivity contribution in [2.24, 2.45) is 0 Å². The van der Waals surface area contributed by atoms with E-state index in [1.807, 2.05) is 18.2 Å². The molecule has 6 nitrogen and oxygen atoms in total. The molecule has 4 rings (SSSR count). The average molecular weight is 427 g/mol. The van der Waals surface area contributed by atoms with Crippen molar-refractivity contribution in [1.29, 1.82) is 0 Å². The maximum atomic E-state index is 13.0. The molecule has 2 heterocycles. The normalized spacial score (nSPS) is 14.8. The van der Waals surface area contributed by atoms with Crippen molar-refractivity contribution in [2.75, 3.05) is 19.8 Å². The summed E-state index contributed by atoms with van der Waals surface area (Å²) in [4.78, 5) is 25.4. The molecule has 1 aromatic heterocycles. The number of hydrogen-bond acceptors (Lipinski definition) is 6. The summed E-state index contributed by atoms with van der Waals surface area (Å²) in [6.07, 6.45) is -0.324. The zero-order valence-electron chi connectivity index (χ0n) is 15.8. The molecule has 0 saturated carbocycles. The van der Waals surface area contributed by atoms with Crippen LogP contribution < -0.4 is 14.8 Å². The zero-order valence-corrected chi connectivity index (χ0v) is 16.6. The summed E-state index contributed by atoms with van der Waals surface area (Å²) in [5, 5.41) is 2.67. The summed E-state index contributed by atoms with van der Waals surface area (Å²) in [7, 11) is 0. The van der Waals surface area contributed by atoms with Crippen molar-refractivity contribution in [2.45, 2.75) is 6.10 Å². The van der Waals surface area contributed by atoms with E-state index in [1.54, 1.807) is 30.3 Å². The Balaban J connectivity index is 1.23. The van der Waals surface area contributed by atoms with Crippen LogP contribution in [0.4, 0.5) is 4.39 Å². The highest BCUT2D eigenvalue weighted by Crippen LogP contribution is 2.31. The van der Waals surface area contributed by atoms with Crippen LogP contribution in [0.25, 0.3) is 10.4 Å². The molecule has 0 radical (unpaired) electrons. The maximum Gasteiger partial charge on any atom is 0.348 e. The smallest absolute Gasteiger partial charge is 0.348 e. The number of carbonyl (C=O) groups excluding carboxylic acids is 2. The lowest BCUT2D eigenvalue weighted by atomic mass is 10.2. The number of fused-ring (bicyclic) bond motifs is 1. The Morgan fingerprint density at radius 3 is 2.63 bits per heavy atom. The largest absolute Gasteiger partial charge is 0.486 e. The molecule has 0 aliphatic carbocycles. The lowest BCUT2D eigenvalue weighted by Gasteiger charge is -2.26.